The number of rotatable bonds is 6. The fraction of sp³-hybridized carbons (Fsp3) is 0.440. The highest BCUT2D eigenvalue weighted by atomic mass is 19.1. The third-order valence-electron chi connectivity index (χ3n) is 5.76. The zero-order valence-corrected chi connectivity index (χ0v) is 19.8. The summed E-state index contributed by atoms with van der Waals surface area (Å²) in [6, 6.07) is 7.88. The summed E-state index contributed by atoms with van der Waals surface area (Å²) in [5.74, 6) is -0.0860. The maximum Gasteiger partial charge on any atom is 0.410 e. The molecule has 1 aliphatic heterocycles. The highest BCUT2D eigenvalue weighted by molar-refractivity contribution is 5.92. The molecule has 9 heteroatoms. The number of imidazole rings is 1. The van der Waals surface area contributed by atoms with Gasteiger partial charge in [-0.1, -0.05) is 12.1 Å². The molecule has 0 radical (unpaired) electrons. The van der Waals surface area contributed by atoms with Crippen molar-refractivity contribution in [3.8, 4) is 0 Å². The minimum absolute atomic E-state index is 0.151. The number of carbonyl (C=O) groups is 2. The van der Waals surface area contributed by atoms with E-state index in [9.17, 15) is 14.0 Å². The quantitative estimate of drug-likeness (QED) is 0.548. The summed E-state index contributed by atoms with van der Waals surface area (Å²) in [5.41, 5.74) is 0.622. The number of hydrogen-bond donors (Lipinski definition) is 0. The lowest BCUT2D eigenvalue weighted by Crippen LogP contribution is -2.47. The number of nitrogens with zero attached hydrogens (tertiary/aromatic N) is 5. The van der Waals surface area contributed by atoms with Gasteiger partial charge in [0.05, 0.1) is 6.04 Å². The minimum atomic E-state index is -0.591. The van der Waals surface area contributed by atoms with Gasteiger partial charge in [-0.15, -0.1) is 0 Å². The van der Waals surface area contributed by atoms with Gasteiger partial charge in [-0.2, -0.15) is 0 Å². The monoisotopic (exact) mass is 467 g/mol. The summed E-state index contributed by atoms with van der Waals surface area (Å²) < 4.78 is 20.6. The second-order valence-corrected chi connectivity index (χ2v) is 9.55. The van der Waals surface area contributed by atoms with Crippen LogP contribution in [-0.2, 0) is 11.2 Å². The molecule has 0 aliphatic carbocycles. The number of hydrogen-bond acceptors (Lipinski definition) is 5. The summed E-state index contributed by atoms with van der Waals surface area (Å²) >= 11 is 0. The number of amides is 2. The van der Waals surface area contributed by atoms with Crippen LogP contribution in [0.4, 0.5) is 9.18 Å². The summed E-state index contributed by atoms with van der Waals surface area (Å²) in [5, 5.41) is 0. The van der Waals surface area contributed by atoms with Gasteiger partial charge in [0.25, 0.3) is 5.91 Å². The van der Waals surface area contributed by atoms with E-state index in [0.717, 1.165) is 18.4 Å². The van der Waals surface area contributed by atoms with E-state index in [0.29, 0.717) is 37.5 Å². The molecular weight excluding hydrogens is 437 g/mol. The predicted octanol–water partition coefficient (Wildman–Crippen LogP) is 3.95. The maximum absolute atomic E-state index is 13.5. The number of aromatic nitrogens is 3. The van der Waals surface area contributed by atoms with Crippen LogP contribution in [-0.4, -0.2) is 67.4 Å². The van der Waals surface area contributed by atoms with Crippen molar-refractivity contribution in [1.29, 1.82) is 0 Å². The maximum atomic E-state index is 13.5. The Morgan fingerprint density at radius 1 is 1.24 bits per heavy atom. The van der Waals surface area contributed by atoms with Gasteiger partial charge < -0.3 is 14.5 Å². The van der Waals surface area contributed by atoms with Crippen LogP contribution in [0.2, 0.25) is 0 Å². The molecule has 3 heterocycles. The average Bonchev–Trinajstić information content (AvgIpc) is 3.43. The highest BCUT2D eigenvalue weighted by Gasteiger charge is 2.34. The Morgan fingerprint density at radius 3 is 2.71 bits per heavy atom. The van der Waals surface area contributed by atoms with Gasteiger partial charge >= 0.3 is 6.09 Å². The molecule has 1 aromatic carbocycles. The first kappa shape index (κ1) is 23.7. The van der Waals surface area contributed by atoms with Crippen LogP contribution in [0.5, 0.6) is 0 Å². The molecule has 3 aromatic rings. The molecule has 1 saturated heterocycles. The first-order valence-corrected chi connectivity index (χ1v) is 11.5. The molecule has 0 saturated carbocycles. The SMILES string of the molecule is CC(C)(C)OC(=O)N1CCC[C@H]1CN(CCc1ccc(F)cc1)C(=O)c1cn2cccnc2n1. The molecule has 1 aliphatic rings. The van der Waals surface area contributed by atoms with Gasteiger partial charge in [0.2, 0.25) is 5.78 Å². The zero-order valence-electron chi connectivity index (χ0n) is 19.8. The van der Waals surface area contributed by atoms with Crippen molar-refractivity contribution >= 4 is 17.8 Å². The summed E-state index contributed by atoms with van der Waals surface area (Å²) in [6.07, 6.45) is 6.90. The smallest absolute Gasteiger partial charge is 0.410 e. The average molecular weight is 468 g/mol. The van der Waals surface area contributed by atoms with E-state index < -0.39 is 5.60 Å². The van der Waals surface area contributed by atoms with Crippen molar-refractivity contribution in [2.45, 2.75) is 51.7 Å². The van der Waals surface area contributed by atoms with Crippen molar-refractivity contribution in [2.24, 2.45) is 0 Å². The van der Waals surface area contributed by atoms with E-state index in [1.54, 1.807) is 51.0 Å². The van der Waals surface area contributed by atoms with Crippen LogP contribution in [0.15, 0.2) is 48.9 Å². The van der Waals surface area contributed by atoms with Crippen LogP contribution in [0.1, 0.15) is 49.7 Å². The Balaban J connectivity index is 1.54. The number of halogens is 1. The van der Waals surface area contributed by atoms with E-state index in [4.69, 9.17) is 4.74 Å². The number of ether oxygens (including phenoxy) is 1. The van der Waals surface area contributed by atoms with E-state index in [1.165, 1.54) is 12.1 Å². The van der Waals surface area contributed by atoms with E-state index in [1.807, 2.05) is 20.8 Å². The molecule has 0 spiro atoms. The molecule has 0 N–H and O–H groups in total. The second kappa shape index (κ2) is 9.79. The molecule has 34 heavy (non-hydrogen) atoms. The van der Waals surface area contributed by atoms with Gasteiger partial charge in [-0.3, -0.25) is 9.20 Å². The van der Waals surface area contributed by atoms with E-state index in [-0.39, 0.29) is 23.9 Å². The Labute approximate surface area is 198 Å². The highest BCUT2D eigenvalue weighted by Crippen LogP contribution is 2.22. The first-order chi connectivity index (χ1) is 16.2. The van der Waals surface area contributed by atoms with Crippen LogP contribution in [0.25, 0.3) is 5.78 Å². The van der Waals surface area contributed by atoms with Crippen molar-refractivity contribution in [3.63, 3.8) is 0 Å². The molecule has 0 bridgehead atoms. The summed E-state index contributed by atoms with van der Waals surface area (Å²) in [7, 11) is 0. The Kier molecular flexibility index (Phi) is 6.81. The molecule has 8 nitrogen and oxygen atoms in total. The van der Waals surface area contributed by atoms with Crippen LogP contribution in [0, 0.1) is 5.82 Å². The third kappa shape index (κ3) is 5.70. The Hall–Kier alpha value is -3.49. The van der Waals surface area contributed by atoms with Crippen molar-refractivity contribution in [1.82, 2.24) is 24.2 Å². The summed E-state index contributed by atoms with van der Waals surface area (Å²) in [6.45, 7) is 6.88. The van der Waals surface area contributed by atoms with Crippen LogP contribution in [0.3, 0.4) is 0 Å². The number of likely N-dealkylation sites (tertiary alicyclic amines) is 1. The molecule has 1 atom stereocenters. The van der Waals surface area contributed by atoms with Crippen LogP contribution >= 0.6 is 0 Å². The van der Waals surface area contributed by atoms with E-state index in [2.05, 4.69) is 9.97 Å². The van der Waals surface area contributed by atoms with Crippen molar-refractivity contribution in [2.75, 3.05) is 19.6 Å². The number of carbonyl (C=O) groups excluding carboxylic acids is 2. The summed E-state index contributed by atoms with van der Waals surface area (Å²) in [4.78, 5) is 38.3. The Morgan fingerprint density at radius 2 is 2.00 bits per heavy atom. The van der Waals surface area contributed by atoms with Gasteiger partial charge in [0.1, 0.15) is 17.1 Å². The van der Waals surface area contributed by atoms with Gasteiger partial charge in [0, 0.05) is 38.2 Å². The lowest BCUT2D eigenvalue weighted by atomic mass is 10.1. The number of fused-ring (bicyclic) bond motifs is 1. The largest absolute Gasteiger partial charge is 0.444 e. The van der Waals surface area contributed by atoms with Gasteiger partial charge in [-0.25, -0.2) is 19.2 Å². The molecular formula is C25H30FN5O3. The first-order valence-electron chi connectivity index (χ1n) is 11.5. The Bertz CT molecular complexity index is 1120. The lowest BCUT2D eigenvalue weighted by molar-refractivity contribution is 0.0191. The zero-order chi connectivity index (χ0) is 24.3. The molecule has 4 rings (SSSR count). The van der Waals surface area contributed by atoms with Crippen molar-refractivity contribution < 1.29 is 18.7 Å². The number of benzene rings is 1. The lowest BCUT2D eigenvalue weighted by Gasteiger charge is -2.32. The molecule has 0 unspecified atom stereocenters. The molecule has 2 amide bonds. The topological polar surface area (TPSA) is 80.0 Å². The predicted molar refractivity (Wildman–Crippen MR) is 125 cm³/mol. The second-order valence-electron chi connectivity index (χ2n) is 9.55. The van der Waals surface area contributed by atoms with Gasteiger partial charge in [-0.05, 0) is 63.8 Å². The van der Waals surface area contributed by atoms with E-state index >= 15 is 0 Å². The normalized spacial score (nSPS) is 16.1. The standard InChI is InChI=1S/C25H30FN5O3/c1-25(2,3)34-24(33)31-14-4-6-20(31)16-29(15-11-18-7-9-19(26)10-8-18)22(32)21-17-30-13-5-12-27-23(30)28-21/h5,7-10,12-13,17,20H,4,6,11,14-16H2,1-3H3/t20-/m0/s1. The fourth-order valence-electron chi connectivity index (χ4n) is 4.13. The van der Waals surface area contributed by atoms with Gasteiger partial charge in [0.15, 0.2) is 0 Å². The minimum Gasteiger partial charge on any atom is -0.444 e. The fourth-order valence-corrected chi connectivity index (χ4v) is 4.13. The van der Waals surface area contributed by atoms with Crippen molar-refractivity contribution in [3.05, 3.63) is 66.0 Å². The third-order valence-corrected chi connectivity index (χ3v) is 5.76. The molecule has 1 fully saturated rings. The molecule has 2 aromatic heterocycles. The van der Waals surface area contributed by atoms with Crippen LogP contribution < -0.4 is 0 Å². The molecule has 180 valence electrons.